The van der Waals surface area contributed by atoms with Gasteiger partial charge in [0, 0.05) is 50.0 Å². The van der Waals surface area contributed by atoms with Crippen LogP contribution in [0.15, 0.2) is 41.7 Å². The summed E-state index contributed by atoms with van der Waals surface area (Å²) in [5.41, 5.74) is 2.13. The van der Waals surface area contributed by atoms with Gasteiger partial charge in [-0.2, -0.15) is 5.10 Å². The van der Waals surface area contributed by atoms with Crippen molar-refractivity contribution in [2.24, 2.45) is 10.9 Å². The molecule has 1 atom stereocenters. The monoisotopic (exact) mass is 414 g/mol. The second-order valence-electron chi connectivity index (χ2n) is 8.13. The Kier molecular flexibility index (Phi) is 6.72. The van der Waals surface area contributed by atoms with Gasteiger partial charge in [-0.25, -0.2) is 4.68 Å². The first-order chi connectivity index (χ1) is 14.2. The van der Waals surface area contributed by atoms with Gasteiger partial charge in [0.1, 0.15) is 0 Å². The molecule has 1 aromatic heterocycles. The van der Waals surface area contributed by atoms with Crippen LogP contribution in [0.3, 0.4) is 0 Å². The first kappa shape index (κ1) is 20.2. The van der Waals surface area contributed by atoms with Crippen molar-refractivity contribution in [3.8, 4) is 5.69 Å². The highest BCUT2D eigenvalue weighted by Crippen LogP contribution is 2.20. The Morgan fingerprint density at radius 2 is 1.97 bits per heavy atom. The zero-order valence-electron chi connectivity index (χ0n) is 17.2. The lowest BCUT2D eigenvalue weighted by atomic mass is 10.1. The summed E-state index contributed by atoms with van der Waals surface area (Å²) in [6, 6.07) is 7.70. The molecule has 2 fully saturated rings. The number of benzene rings is 1. The van der Waals surface area contributed by atoms with Crippen LogP contribution in [0.2, 0.25) is 5.02 Å². The van der Waals surface area contributed by atoms with E-state index in [1.165, 1.54) is 45.3 Å². The average molecular weight is 415 g/mol. The molecule has 2 aliphatic rings. The quantitative estimate of drug-likeness (QED) is 0.601. The van der Waals surface area contributed by atoms with Gasteiger partial charge < -0.3 is 15.1 Å². The minimum atomic E-state index is 0.716. The van der Waals surface area contributed by atoms with Gasteiger partial charge in [-0.15, -0.1) is 0 Å². The van der Waals surface area contributed by atoms with Gasteiger partial charge in [-0.05, 0) is 62.5 Å². The molecule has 1 aromatic carbocycles. The molecule has 2 aliphatic heterocycles. The molecule has 3 heterocycles. The SMILES string of the molecule is CN=C(NCc1cnn(-c2ccc(Cl)cc2)c1)N1CCC(CN2CCCCC2)C1. The fourth-order valence-corrected chi connectivity index (χ4v) is 4.51. The number of piperidine rings is 1. The summed E-state index contributed by atoms with van der Waals surface area (Å²) in [6.07, 6.45) is 9.33. The summed E-state index contributed by atoms with van der Waals surface area (Å²) in [4.78, 5) is 9.57. The average Bonchev–Trinajstić information content (AvgIpc) is 3.40. The van der Waals surface area contributed by atoms with Crippen LogP contribution in [0.1, 0.15) is 31.2 Å². The molecule has 0 radical (unpaired) electrons. The van der Waals surface area contributed by atoms with Crippen LogP contribution in [-0.2, 0) is 6.54 Å². The Hall–Kier alpha value is -2.05. The Labute approximate surface area is 178 Å². The predicted octanol–water partition coefficient (Wildman–Crippen LogP) is 3.41. The van der Waals surface area contributed by atoms with E-state index in [1.54, 1.807) is 0 Å². The minimum absolute atomic E-state index is 0.716. The van der Waals surface area contributed by atoms with Gasteiger partial charge in [0.2, 0.25) is 0 Å². The molecule has 6 nitrogen and oxygen atoms in total. The lowest BCUT2D eigenvalue weighted by molar-refractivity contribution is 0.198. The van der Waals surface area contributed by atoms with Crippen molar-refractivity contribution in [1.29, 1.82) is 0 Å². The first-order valence-corrected chi connectivity index (χ1v) is 11.1. The molecule has 0 aliphatic carbocycles. The first-order valence-electron chi connectivity index (χ1n) is 10.7. The second-order valence-corrected chi connectivity index (χ2v) is 8.57. The smallest absolute Gasteiger partial charge is 0.193 e. The molecular weight excluding hydrogens is 384 g/mol. The molecule has 0 spiro atoms. The number of nitrogens with one attached hydrogen (secondary N) is 1. The summed E-state index contributed by atoms with van der Waals surface area (Å²) in [7, 11) is 1.87. The highest BCUT2D eigenvalue weighted by Gasteiger charge is 2.26. The standard InChI is InChI=1S/C22H31ClN6/c1-24-22(28-12-9-18(16-28)15-27-10-3-2-4-11-27)25-13-19-14-26-29(17-19)21-7-5-20(23)6-8-21/h5-8,14,17-18H,2-4,9-13,15-16H2,1H3,(H,24,25). The maximum atomic E-state index is 5.97. The van der Waals surface area contributed by atoms with Crippen LogP contribution >= 0.6 is 11.6 Å². The topological polar surface area (TPSA) is 48.7 Å². The van der Waals surface area contributed by atoms with Gasteiger partial charge in [-0.1, -0.05) is 18.0 Å². The van der Waals surface area contributed by atoms with Crippen molar-refractivity contribution in [2.45, 2.75) is 32.2 Å². The Bertz CT molecular complexity index is 809. The van der Waals surface area contributed by atoms with Crippen LogP contribution in [0.25, 0.3) is 5.69 Å². The number of hydrogen-bond acceptors (Lipinski definition) is 3. The van der Waals surface area contributed by atoms with Crippen LogP contribution in [-0.4, -0.2) is 65.3 Å². The number of aromatic nitrogens is 2. The fraction of sp³-hybridized carbons (Fsp3) is 0.545. The number of likely N-dealkylation sites (tertiary alicyclic amines) is 2. The summed E-state index contributed by atoms with van der Waals surface area (Å²) in [6.45, 7) is 6.69. The van der Waals surface area contributed by atoms with Gasteiger partial charge in [-0.3, -0.25) is 4.99 Å². The van der Waals surface area contributed by atoms with Crippen molar-refractivity contribution in [3.05, 3.63) is 47.2 Å². The number of guanidine groups is 1. The third-order valence-electron chi connectivity index (χ3n) is 5.94. The van der Waals surface area contributed by atoms with Crippen molar-refractivity contribution < 1.29 is 0 Å². The van der Waals surface area contributed by atoms with Crippen molar-refractivity contribution in [2.75, 3.05) is 39.8 Å². The molecule has 0 saturated carbocycles. The molecule has 2 aromatic rings. The molecular formula is C22H31ClN6. The summed E-state index contributed by atoms with van der Waals surface area (Å²) < 4.78 is 1.88. The molecule has 4 rings (SSSR count). The van der Waals surface area contributed by atoms with Gasteiger partial charge in [0.05, 0.1) is 11.9 Å². The normalized spacial score (nSPS) is 21.0. The van der Waals surface area contributed by atoms with E-state index in [2.05, 4.69) is 25.2 Å². The number of aliphatic imine (C=N–C) groups is 1. The molecule has 1 unspecified atom stereocenters. The largest absolute Gasteiger partial charge is 0.352 e. The minimum Gasteiger partial charge on any atom is -0.352 e. The summed E-state index contributed by atoms with van der Waals surface area (Å²) in [5, 5.41) is 8.71. The molecule has 2 saturated heterocycles. The zero-order chi connectivity index (χ0) is 20.1. The van der Waals surface area contributed by atoms with Crippen LogP contribution < -0.4 is 5.32 Å². The van der Waals surface area contributed by atoms with E-state index in [1.807, 2.05) is 48.4 Å². The van der Waals surface area contributed by atoms with Gasteiger partial charge in [0.15, 0.2) is 5.96 Å². The predicted molar refractivity (Wildman–Crippen MR) is 119 cm³/mol. The maximum Gasteiger partial charge on any atom is 0.193 e. The summed E-state index contributed by atoms with van der Waals surface area (Å²) in [5.74, 6) is 1.74. The van der Waals surface area contributed by atoms with Crippen LogP contribution in [0.5, 0.6) is 0 Å². The number of hydrogen-bond donors (Lipinski definition) is 1. The molecule has 0 bridgehead atoms. The second kappa shape index (κ2) is 9.63. The maximum absolute atomic E-state index is 5.97. The Balaban J connectivity index is 1.28. The molecule has 0 amide bonds. The lowest BCUT2D eigenvalue weighted by Gasteiger charge is -2.29. The number of rotatable bonds is 5. The fourth-order valence-electron chi connectivity index (χ4n) is 4.38. The number of halogens is 1. The van der Waals surface area contributed by atoms with E-state index in [0.29, 0.717) is 6.54 Å². The third kappa shape index (κ3) is 5.31. The Morgan fingerprint density at radius 3 is 2.72 bits per heavy atom. The van der Waals surface area contributed by atoms with Crippen molar-refractivity contribution in [1.82, 2.24) is 24.9 Å². The van der Waals surface area contributed by atoms with E-state index in [9.17, 15) is 0 Å². The molecule has 7 heteroatoms. The lowest BCUT2D eigenvalue weighted by Crippen LogP contribution is -2.41. The van der Waals surface area contributed by atoms with Crippen molar-refractivity contribution in [3.63, 3.8) is 0 Å². The third-order valence-corrected chi connectivity index (χ3v) is 6.19. The highest BCUT2D eigenvalue weighted by atomic mass is 35.5. The van der Waals surface area contributed by atoms with E-state index in [0.717, 1.165) is 41.2 Å². The number of nitrogens with zero attached hydrogens (tertiary/aromatic N) is 5. The highest BCUT2D eigenvalue weighted by molar-refractivity contribution is 6.30. The summed E-state index contributed by atoms with van der Waals surface area (Å²) >= 11 is 5.97. The van der Waals surface area contributed by atoms with Crippen LogP contribution in [0, 0.1) is 5.92 Å². The molecule has 1 N–H and O–H groups in total. The van der Waals surface area contributed by atoms with Gasteiger partial charge >= 0.3 is 0 Å². The Morgan fingerprint density at radius 1 is 1.17 bits per heavy atom. The van der Waals surface area contributed by atoms with Gasteiger partial charge in [0.25, 0.3) is 0 Å². The van der Waals surface area contributed by atoms with E-state index in [-0.39, 0.29) is 0 Å². The van der Waals surface area contributed by atoms with E-state index >= 15 is 0 Å². The van der Waals surface area contributed by atoms with Crippen LogP contribution in [0.4, 0.5) is 0 Å². The molecule has 156 valence electrons. The molecule has 29 heavy (non-hydrogen) atoms. The van der Waals surface area contributed by atoms with Crippen molar-refractivity contribution >= 4 is 17.6 Å². The zero-order valence-corrected chi connectivity index (χ0v) is 18.0. The van der Waals surface area contributed by atoms with E-state index < -0.39 is 0 Å². The van der Waals surface area contributed by atoms with E-state index in [4.69, 9.17) is 11.6 Å².